The molecule has 0 aliphatic heterocycles. The van der Waals surface area contributed by atoms with Crippen molar-refractivity contribution in [2.24, 2.45) is 0 Å². The van der Waals surface area contributed by atoms with Gasteiger partial charge in [-0.2, -0.15) is 9.73 Å². The molecule has 0 aliphatic carbocycles. The first-order chi connectivity index (χ1) is 15.7. The molecule has 0 bridgehead atoms. The molecule has 0 amide bonds. The van der Waals surface area contributed by atoms with Crippen molar-refractivity contribution in [1.29, 1.82) is 0 Å². The second kappa shape index (κ2) is 8.40. The predicted octanol–water partition coefficient (Wildman–Crippen LogP) is 2.96. The highest BCUT2D eigenvalue weighted by Gasteiger charge is 2.14. The summed E-state index contributed by atoms with van der Waals surface area (Å²) in [5, 5.41) is 27.8. The Kier molecular flexibility index (Phi) is 5.14. The van der Waals surface area contributed by atoms with Crippen LogP contribution in [0.3, 0.4) is 0 Å². The average Bonchev–Trinajstić information content (AvgIpc) is 3.55. The summed E-state index contributed by atoms with van der Waals surface area (Å²) in [7, 11) is 0. The first-order valence-corrected chi connectivity index (χ1v) is 9.82. The van der Waals surface area contributed by atoms with Crippen molar-refractivity contribution >= 4 is 28.0 Å². The number of aromatic nitrogens is 11. The SMILES string of the molecule is Cc1nc(-c2ccncc2)n2nnnc2c1Cl.c1ccc2c(-c3nn[nH]n3)nccc2c1. The number of fused-ring (bicyclic) bond motifs is 2. The second-order valence-corrected chi connectivity index (χ2v) is 6.98. The lowest BCUT2D eigenvalue weighted by Gasteiger charge is -2.05. The third-order valence-electron chi connectivity index (χ3n) is 4.63. The summed E-state index contributed by atoms with van der Waals surface area (Å²) < 4.78 is 1.52. The number of nitrogens with one attached hydrogen (secondary N) is 1. The fraction of sp³-hybridized carbons (Fsp3) is 0.0500. The summed E-state index contributed by atoms with van der Waals surface area (Å²) in [5.41, 5.74) is 2.84. The zero-order valence-electron chi connectivity index (χ0n) is 16.6. The summed E-state index contributed by atoms with van der Waals surface area (Å²) >= 11 is 6.09. The molecule has 0 saturated carbocycles. The number of hydrogen-bond acceptors (Lipinski definition) is 9. The van der Waals surface area contributed by atoms with Gasteiger partial charge in [-0.3, -0.25) is 9.97 Å². The number of tetrazole rings is 2. The normalized spacial score (nSPS) is 10.8. The Morgan fingerprint density at radius 3 is 2.62 bits per heavy atom. The van der Waals surface area contributed by atoms with E-state index >= 15 is 0 Å². The molecule has 0 saturated heterocycles. The Balaban J connectivity index is 0.000000136. The van der Waals surface area contributed by atoms with Crippen LogP contribution in [0.15, 0.2) is 61.1 Å². The zero-order valence-corrected chi connectivity index (χ0v) is 17.4. The van der Waals surface area contributed by atoms with Gasteiger partial charge in [-0.1, -0.05) is 35.9 Å². The molecule has 6 aromatic rings. The lowest BCUT2D eigenvalue weighted by atomic mass is 10.1. The maximum atomic E-state index is 6.09. The number of pyridine rings is 2. The minimum atomic E-state index is 0.466. The van der Waals surface area contributed by atoms with Crippen molar-refractivity contribution in [3.8, 4) is 22.9 Å². The van der Waals surface area contributed by atoms with E-state index < -0.39 is 0 Å². The maximum absolute atomic E-state index is 6.09. The van der Waals surface area contributed by atoms with Crippen LogP contribution in [-0.2, 0) is 0 Å². The van der Waals surface area contributed by atoms with Gasteiger partial charge in [-0.05, 0) is 46.1 Å². The molecular weight excluding hydrogens is 430 g/mol. The molecule has 5 heterocycles. The fourth-order valence-corrected chi connectivity index (χ4v) is 3.29. The summed E-state index contributed by atoms with van der Waals surface area (Å²) in [4.78, 5) is 12.6. The van der Waals surface area contributed by atoms with Gasteiger partial charge < -0.3 is 0 Å². The Labute approximate surface area is 185 Å². The van der Waals surface area contributed by atoms with Crippen LogP contribution in [0.1, 0.15) is 5.69 Å². The van der Waals surface area contributed by atoms with Crippen molar-refractivity contribution < 1.29 is 0 Å². The quantitative estimate of drug-likeness (QED) is 0.428. The number of aryl methyl sites for hydroxylation is 1. The summed E-state index contributed by atoms with van der Waals surface area (Å²) in [6.07, 6.45) is 5.13. The molecule has 6 rings (SSSR count). The monoisotopic (exact) mass is 443 g/mol. The molecule has 5 aromatic heterocycles. The van der Waals surface area contributed by atoms with Crippen molar-refractivity contribution in [2.75, 3.05) is 0 Å². The van der Waals surface area contributed by atoms with E-state index in [-0.39, 0.29) is 0 Å². The first-order valence-electron chi connectivity index (χ1n) is 9.44. The number of benzene rings is 1. The number of hydrogen-bond donors (Lipinski definition) is 1. The second-order valence-electron chi connectivity index (χ2n) is 6.60. The van der Waals surface area contributed by atoms with Crippen molar-refractivity contribution in [2.45, 2.75) is 6.92 Å². The van der Waals surface area contributed by atoms with E-state index in [2.05, 4.69) is 51.1 Å². The summed E-state index contributed by atoms with van der Waals surface area (Å²) in [6.45, 7) is 1.82. The Bertz CT molecular complexity index is 1490. The Morgan fingerprint density at radius 2 is 1.81 bits per heavy atom. The summed E-state index contributed by atoms with van der Waals surface area (Å²) in [5.74, 6) is 1.17. The van der Waals surface area contributed by atoms with Gasteiger partial charge in [0, 0.05) is 29.5 Å². The van der Waals surface area contributed by atoms with Gasteiger partial charge >= 0.3 is 0 Å². The molecule has 0 aliphatic rings. The third-order valence-corrected chi connectivity index (χ3v) is 5.07. The predicted molar refractivity (Wildman–Crippen MR) is 116 cm³/mol. The maximum Gasteiger partial charge on any atom is 0.223 e. The topological polar surface area (TPSA) is 136 Å². The number of rotatable bonds is 2. The van der Waals surface area contributed by atoms with E-state index in [1.807, 2.05) is 49.4 Å². The van der Waals surface area contributed by atoms with Crippen molar-refractivity contribution in [1.82, 2.24) is 55.6 Å². The molecule has 32 heavy (non-hydrogen) atoms. The molecule has 11 nitrogen and oxygen atoms in total. The van der Waals surface area contributed by atoms with Gasteiger partial charge in [0.15, 0.2) is 5.82 Å². The van der Waals surface area contributed by atoms with Gasteiger partial charge in [-0.25, -0.2) is 4.98 Å². The van der Waals surface area contributed by atoms with Crippen LogP contribution in [-0.4, -0.2) is 55.6 Å². The Hall–Kier alpha value is -4.38. The molecule has 0 spiro atoms. The smallest absolute Gasteiger partial charge is 0.223 e. The van der Waals surface area contributed by atoms with E-state index in [9.17, 15) is 0 Å². The summed E-state index contributed by atoms with van der Waals surface area (Å²) in [6, 6.07) is 13.6. The van der Waals surface area contributed by atoms with Gasteiger partial charge in [0.1, 0.15) is 10.7 Å². The standard InChI is InChI=1S/C10H7ClN6.C10H7N5/c1-6-8(11)10-14-15-16-17(10)9(13-6)7-2-4-12-5-3-7;1-2-4-8-7(3-1)5-6-11-9(8)10-12-14-15-13-10/h2-5H,1H3;1-6H,(H,12,13,14,15). The molecular formula is C20H14ClN11. The number of aromatic amines is 1. The molecule has 0 atom stereocenters. The minimum absolute atomic E-state index is 0.466. The van der Waals surface area contributed by atoms with E-state index in [0.717, 1.165) is 22.0 Å². The van der Waals surface area contributed by atoms with E-state index in [4.69, 9.17) is 11.6 Å². The van der Waals surface area contributed by atoms with Crippen LogP contribution in [0, 0.1) is 6.92 Å². The first kappa shape index (κ1) is 19.6. The average molecular weight is 444 g/mol. The highest BCUT2D eigenvalue weighted by Crippen LogP contribution is 2.24. The largest absolute Gasteiger partial charge is 0.265 e. The van der Waals surface area contributed by atoms with Crippen LogP contribution in [0.25, 0.3) is 39.3 Å². The minimum Gasteiger partial charge on any atom is -0.265 e. The molecule has 0 unspecified atom stereocenters. The molecule has 12 heteroatoms. The molecule has 1 N–H and O–H groups in total. The zero-order chi connectivity index (χ0) is 21.9. The van der Waals surface area contributed by atoms with E-state index in [0.29, 0.717) is 28.0 Å². The molecule has 1 aromatic carbocycles. The third kappa shape index (κ3) is 3.61. The molecule has 156 valence electrons. The van der Waals surface area contributed by atoms with Gasteiger partial charge in [0.05, 0.1) is 5.69 Å². The van der Waals surface area contributed by atoms with Crippen LogP contribution < -0.4 is 0 Å². The molecule has 0 radical (unpaired) electrons. The van der Waals surface area contributed by atoms with E-state index in [1.165, 1.54) is 4.52 Å². The van der Waals surface area contributed by atoms with Crippen LogP contribution in [0.5, 0.6) is 0 Å². The van der Waals surface area contributed by atoms with Crippen LogP contribution in [0.2, 0.25) is 5.02 Å². The van der Waals surface area contributed by atoms with Gasteiger partial charge in [0.2, 0.25) is 11.5 Å². The van der Waals surface area contributed by atoms with Crippen molar-refractivity contribution in [3.63, 3.8) is 0 Å². The van der Waals surface area contributed by atoms with E-state index in [1.54, 1.807) is 18.6 Å². The van der Waals surface area contributed by atoms with Crippen molar-refractivity contribution in [3.05, 3.63) is 71.8 Å². The lowest BCUT2D eigenvalue weighted by molar-refractivity contribution is 0.814. The van der Waals surface area contributed by atoms with Crippen LogP contribution >= 0.6 is 11.6 Å². The van der Waals surface area contributed by atoms with Gasteiger partial charge in [-0.15, -0.1) is 15.3 Å². The highest BCUT2D eigenvalue weighted by molar-refractivity contribution is 6.34. The lowest BCUT2D eigenvalue weighted by Crippen LogP contribution is -2.01. The Morgan fingerprint density at radius 1 is 0.969 bits per heavy atom. The molecule has 0 fully saturated rings. The number of halogens is 1. The number of H-pyrrole nitrogens is 1. The fourth-order valence-electron chi connectivity index (χ4n) is 3.13. The van der Waals surface area contributed by atoms with Crippen LogP contribution in [0.4, 0.5) is 0 Å². The van der Waals surface area contributed by atoms with Gasteiger partial charge in [0.25, 0.3) is 0 Å². The highest BCUT2D eigenvalue weighted by atomic mass is 35.5. The number of nitrogens with zero attached hydrogens (tertiary/aromatic N) is 10.